The first kappa shape index (κ1) is 16.6. The number of amides is 2. The van der Waals surface area contributed by atoms with Gasteiger partial charge >= 0.3 is 0 Å². The summed E-state index contributed by atoms with van der Waals surface area (Å²) in [6.07, 6.45) is 0. The molecule has 0 unspecified atom stereocenters. The van der Waals surface area contributed by atoms with Crippen molar-refractivity contribution >= 4 is 11.8 Å². The first-order chi connectivity index (χ1) is 10.9. The first-order valence-electron chi connectivity index (χ1n) is 7.04. The highest BCUT2D eigenvalue weighted by atomic mass is 19.1. The zero-order chi connectivity index (χ0) is 17.0. The highest BCUT2D eigenvalue weighted by Gasteiger charge is 2.31. The van der Waals surface area contributed by atoms with Crippen molar-refractivity contribution < 1.29 is 19.1 Å². The summed E-state index contributed by atoms with van der Waals surface area (Å²) >= 11 is 0. The van der Waals surface area contributed by atoms with Crippen LogP contribution in [0, 0.1) is 18.8 Å². The summed E-state index contributed by atoms with van der Waals surface area (Å²) in [6.45, 7) is 1.41. The lowest BCUT2D eigenvalue weighted by molar-refractivity contribution is -0.126. The lowest BCUT2D eigenvalue weighted by Crippen LogP contribution is -2.28. The third kappa shape index (κ3) is 3.69. The number of halogens is 1. The monoisotopic (exact) mass is 316 g/mol. The molecule has 5 nitrogen and oxygen atoms in total. The number of hydrogen-bond donors (Lipinski definition) is 2. The third-order valence-corrected chi connectivity index (χ3v) is 3.57. The molecule has 0 aliphatic carbocycles. The van der Waals surface area contributed by atoms with Gasteiger partial charge in [-0.25, -0.2) is 4.39 Å². The van der Waals surface area contributed by atoms with E-state index < -0.39 is 24.2 Å². The van der Waals surface area contributed by atoms with E-state index in [4.69, 9.17) is 0 Å². The Kier molecular flexibility index (Phi) is 5.02. The first-order valence-corrected chi connectivity index (χ1v) is 7.04. The third-order valence-electron chi connectivity index (χ3n) is 3.57. The van der Waals surface area contributed by atoms with Crippen molar-refractivity contribution in [3.05, 3.63) is 46.2 Å². The van der Waals surface area contributed by atoms with Crippen molar-refractivity contribution in [1.29, 1.82) is 0 Å². The number of rotatable bonds is 3. The highest BCUT2D eigenvalue weighted by molar-refractivity contribution is 6.06. The molecule has 120 valence electrons. The van der Waals surface area contributed by atoms with Gasteiger partial charge in [0.05, 0.1) is 18.7 Å². The quantitative estimate of drug-likeness (QED) is 0.824. The fourth-order valence-corrected chi connectivity index (χ4v) is 2.14. The van der Waals surface area contributed by atoms with Crippen LogP contribution in [0.15, 0.2) is 29.5 Å². The SMILES string of the molecule is Cc1ccc(C#CCNC(=O)C2=C(O)C(=O)N(C)C2)cc1CF. The average Bonchev–Trinajstić information content (AvgIpc) is 2.80. The molecule has 1 aliphatic heterocycles. The van der Waals surface area contributed by atoms with Gasteiger partial charge in [-0.2, -0.15) is 0 Å². The van der Waals surface area contributed by atoms with Gasteiger partial charge in [0.2, 0.25) is 0 Å². The molecule has 1 aliphatic rings. The van der Waals surface area contributed by atoms with Crippen LogP contribution in [0.3, 0.4) is 0 Å². The van der Waals surface area contributed by atoms with Crippen LogP contribution in [0.5, 0.6) is 0 Å². The van der Waals surface area contributed by atoms with Crippen molar-refractivity contribution in [2.24, 2.45) is 0 Å². The lowest BCUT2D eigenvalue weighted by Gasteiger charge is -2.06. The Labute approximate surface area is 133 Å². The van der Waals surface area contributed by atoms with Gasteiger partial charge in [0.25, 0.3) is 11.8 Å². The summed E-state index contributed by atoms with van der Waals surface area (Å²) in [5, 5.41) is 12.1. The van der Waals surface area contributed by atoms with E-state index in [2.05, 4.69) is 17.2 Å². The molecule has 0 fully saturated rings. The summed E-state index contributed by atoms with van der Waals surface area (Å²) in [6, 6.07) is 5.24. The number of hydrogen-bond acceptors (Lipinski definition) is 3. The van der Waals surface area contributed by atoms with Crippen LogP contribution < -0.4 is 5.32 Å². The largest absolute Gasteiger partial charge is 0.503 e. The molecule has 2 amide bonds. The number of nitrogens with zero attached hydrogens (tertiary/aromatic N) is 1. The summed E-state index contributed by atoms with van der Waals surface area (Å²) in [5.74, 6) is 3.97. The molecule has 2 rings (SSSR count). The minimum absolute atomic E-state index is 0.0364. The number of aryl methyl sites for hydroxylation is 1. The molecule has 2 N–H and O–H groups in total. The molecule has 0 bridgehead atoms. The number of carbonyl (C=O) groups is 2. The molecule has 23 heavy (non-hydrogen) atoms. The number of aliphatic hydroxyl groups is 1. The van der Waals surface area contributed by atoms with Crippen molar-refractivity contribution in [2.45, 2.75) is 13.6 Å². The molecule has 0 spiro atoms. The number of carbonyl (C=O) groups excluding carboxylic acids is 2. The van der Waals surface area contributed by atoms with E-state index in [1.807, 2.05) is 6.92 Å². The number of likely N-dealkylation sites (N-methyl/N-ethyl adjacent to an activating group) is 1. The standard InChI is InChI=1S/C17H17FN2O3/c1-11-5-6-12(8-13(11)9-18)4-3-7-19-16(22)14-10-20(2)17(23)15(14)21/h5-6,8,21H,7,9-10H2,1-2H3,(H,19,22). The molecule has 0 aromatic heterocycles. The van der Waals surface area contributed by atoms with Crippen LogP contribution in [-0.4, -0.2) is 42.0 Å². The Morgan fingerprint density at radius 2 is 2.22 bits per heavy atom. The minimum atomic E-state index is -0.570. The van der Waals surface area contributed by atoms with Gasteiger partial charge in [-0.05, 0) is 30.2 Å². The van der Waals surface area contributed by atoms with Crippen molar-refractivity contribution in [2.75, 3.05) is 20.1 Å². The van der Waals surface area contributed by atoms with Crippen molar-refractivity contribution in [3.8, 4) is 11.8 Å². The van der Waals surface area contributed by atoms with E-state index in [0.717, 1.165) is 5.56 Å². The average molecular weight is 316 g/mol. The molecular weight excluding hydrogens is 299 g/mol. The van der Waals surface area contributed by atoms with Crippen LogP contribution >= 0.6 is 0 Å². The Morgan fingerprint density at radius 3 is 2.83 bits per heavy atom. The van der Waals surface area contributed by atoms with Crippen molar-refractivity contribution in [1.82, 2.24) is 10.2 Å². The predicted octanol–water partition coefficient (Wildman–Crippen LogP) is 1.22. The summed E-state index contributed by atoms with van der Waals surface area (Å²) in [4.78, 5) is 24.5. The smallest absolute Gasteiger partial charge is 0.289 e. The Hall–Kier alpha value is -2.81. The Morgan fingerprint density at radius 1 is 1.48 bits per heavy atom. The van der Waals surface area contributed by atoms with Gasteiger partial charge in [-0.3, -0.25) is 9.59 Å². The molecule has 0 radical (unpaired) electrons. The normalized spacial score (nSPS) is 13.9. The second-order valence-electron chi connectivity index (χ2n) is 5.25. The van der Waals surface area contributed by atoms with Crippen molar-refractivity contribution in [3.63, 3.8) is 0 Å². The van der Waals surface area contributed by atoms with E-state index in [0.29, 0.717) is 11.1 Å². The van der Waals surface area contributed by atoms with E-state index >= 15 is 0 Å². The van der Waals surface area contributed by atoms with Crippen LogP contribution in [-0.2, 0) is 16.3 Å². The van der Waals surface area contributed by atoms with E-state index in [1.54, 1.807) is 18.2 Å². The molecule has 0 saturated heterocycles. The van der Waals surface area contributed by atoms with Crippen LogP contribution in [0.4, 0.5) is 4.39 Å². The second kappa shape index (κ2) is 6.97. The zero-order valence-electron chi connectivity index (χ0n) is 12.9. The zero-order valence-corrected chi connectivity index (χ0v) is 12.9. The fourth-order valence-electron chi connectivity index (χ4n) is 2.14. The van der Waals surface area contributed by atoms with E-state index in [1.165, 1.54) is 11.9 Å². The molecule has 0 saturated carbocycles. The molecular formula is C17H17FN2O3. The maximum Gasteiger partial charge on any atom is 0.289 e. The second-order valence-corrected chi connectivity index (χ2v) is 5.25. The summed E-state index contributed by atoms with van der Waals surface area (Å²) in [5.41, 5.74) is 2.15. The summed E-state index contributed by atoms with van der Waals surface area (Å²) in [7, 11) is 1.50. The Bertz CT molecular complexity index is 744. The predicted molar refractivity (Wildman–Crippen MR) is 83.2 cm³/mol. The molecule has 6 heteroatoms. The fraction of sp³-hybridized carbons (Fsp3) is 0.294. The molecule has 1 aromatic carbocycles. The van der Waals surface area contributed by atoms with E-state index in [9.17, 15) is 19.1 Å². The maximum absolute atomic E-state index is 12.8. The van der Waals surface area contributed by atoms with Gasteiger partial charge in [-0.15, -0.1) is 0 Å². The minimum Gasteiger partial charge on any atom is -0.503 e. The Balaban J connectivity index is 1.96. The number of nitrogens with one attached hydrogen (secondary N) is 1. The summed E-state index contributed by atoms with van der Waals surface area (Å²) < 4.78 is 12.8. The molecule has 1 aromatic rings. The lowest BCUT2D eigenvalue weighted by atomic mass is 10.1. The van der Waals surface area contributed by atoms with Gasteiger partial charge in [0, 0.05) is 12.6 Å². The van der Waals surface area contributed by atoms with Gasteiger partial charge < -0.3 is 15.3 Å². The van der Waals surface area contributed by atoms with Gasteiger partial charge in [-0.1, -0.05) is 17.9 Å². The molecule has 1 heterocycles. The van der Waals surface area contributed by atoms with Crippen LogP contribution in [0.25, 0.3) is 0 Å². The van der Waals surface area contributed by atoms with E-state index in [-0.39, 0.29) is 18.7 Å². The maximum atomic E-state index is 12.8. The van der Waals surface area contributed by atoms with Gasteiger partial charge in [0.15, 0.2) is 5.76 Å². The number of benzene rings is 1. The van der Waals surface area contributed by atoms with Crippen LogP contribution in [0.1, 0.15) is 16.7 Å². The topological polar surface area (TPSA) is 69.6 Å². The molecule has 0 atom stereocenters. The number of alkyl halides is 1. The van der Waals surface area contributed by atoms with Crippen LogP contribution in [0.2, 0.25) is 0 Å². The van der Waals surface area contributed by atoms with Gasteiger partial charge in [0.1, 0.15) is 6.67 Å². The highest BCUT2D eigenvalue weighted by Crippen LogP contribution is 2.15. The number of aliphatic hydroxyl groups excluding tert-OH is 1.